The fraction of sp³-hybridized carbons (Fsp3) is 0.471. The number of aryl methyl sites for hydroxylation is 1. The lowest BCUT2D eigenvalue weighted by molar-refractivity contribution is 0.0549. The first kappa shape index (κ1) is 17.1. The third-order valence-electron chi connectivity index (χ3n) is 3.54. The van der Waals surface area contributed by atoms with Crippen LogP contribution in [-0.2, 0) is 18.9 Å². The molecule has 0 radical (unpaired) electrons. The summed E-state index contributed by atoms with van der Waals surface area (Å²) in [6.07, 6.45) is 0.331. The molecule has 2 rings (SSSR count). The summed E-state index contributed by atoms with van der Waals surface area (Å²) in [7, 11) is 1.63. The molecule has 0 bridgehead atoms. The van der Waals surface area contributed by atoms with Crippen molar-refractivity contribution in [3.8, 4) is 0 Å². The van der Waals surface area contributed by atoms with E-state index in [0.29, 0.717) is 19.7 Å². The molecule has 1 heterocycles. The fourth-order valence-electron chi connectivity index (χ4n) is 2.44. The van der Waals surface area contributed by atoms with Crippen molar-refractivity contribution in [1.82, 2.24) is 0 Å². The van der Waals surface area contributed by atoms with Crippen LogP contribution in [0.25, 0.3) is 0 Å². The van der Waals surface area contributed by atoms with E-state index in [1.807, 2.05) is 31.2 Å². The number of carbonyl (C=O) groups excluding carboxylic acids is 1. The number of cyclic esters (lactones) is 2. The second kappa shape index (κ2) is 8.43. The average Bonchev–Trinajstić information content (AvgIpc) is 2.93. The highest BCUT2D eigenvalue weighted by Gasteiger charge is 2.28. The Bertz CT molecular complexity index is 516. The Morgan fingerprint density at radius 2 is 2.17 bits per heavy atom. The minimum atomic E-state index is -0.616. The van der Waals surface area contributed by atoms with Crippen molar-refractivity contribution in [1.29, 1.82) is 0 Å². The molecule has 2 unspecified atom stereocenters. The summed E-state index contributed by atoms with van der Waals surface area (Å²) in [6.45, 7) is 7.44. The van der Waals surface area contributed by atoms with Gasteiger partial charge < -0.3 is 23.8 Å². The zero-order valence-corrected chi connectivity index (χ0v) is 13.6. The van der Waals surface area contributed by atoms with Gasteiger partial charge in [-0.3, -0.25) is 0 Å². The van der Waals surface area contributed by atoms with Crippen LogP contribution in [-0.4, -0.2) is 51.8 Å². The van der Waals surface area contributed by atoms with Crippen LogP contribution in [0.5, 0.6) is 0 Å². The Kier molecular flexibility index (Phi) is 6.29. The molecule has 0 amide bonds. The van der Waals surface area contributed by atoms with Crippen molar-refractivity contribution in [3.63, 3.8) is 0 Å². The minimum Gasteiger partial charge on any atom is -0.494 e. The van der Waals surface area contributed by atoms with Crippen molar-refractivity contribution in [2.75, 3.05) is 38.3 Å². The normalized spacial score (nSPS) is 18.0. The summed E-state index contributed by atoms with van der Waals surface area (Å²) in [5.41, 5.74) is 2.20. The summed E-state index contributed by atoms with van der Waals surface area (Å²) in [6, 6.07) is 8.15. The zero-order valence-electron chi connectivity index (χ0n) is 13.6. The third kappa shape index (κ3) is 5.17. The molecule has 1 fully saturated rings. The molecule has 1 aromatic rings. The van der Waals surface area contributed by atoms with Crippen LogP contribution in [0.3, 0.4) is 0 Å². The Morgan fingerprint density at radius 3 is 2.74 bits per heavy atom. The summed E-state index contributed by atoms with van der Waals surface area (Å²) in [4.78, 5) is 13.2. The first-order valence-electron chi connectivity index (χ1n) is 7.52. The summed E-state index contributed by atoms with van der Waals surface area (Å²) >= 11 is 0. The van der Waals surface area contributed by atoms with Gasteiger partial charge in [0.2, 0.25) is 0 Å². The SMILES string of the molecule is C=COC(COC)CN(CC1COC(=O)O1)c1ccc(C)cc1. The van der Waals surface area contributed by atoms with Crippen molar-refractivity contribution in [3.05, 3.63) is 42.7 Å². The van der Waals surface area contributed by atoms with Gasteiger partial charge in [-0.1, -0.05) is 24.3 Å². The maximum absolute atomic E-state index is 11.1. The van der Waals surface area contributed by atoms with E-state index >= 15 is 0 Å². The lowest BCUT2D eigenvalue weighted by Crippen LogP contribution is -2.41. The zero-order chi connectivity index (χ0) is 16.7. The molecule has 2 atom stereocenters. The van der Waals surface area contributed by atoms with Crippen LogP contribution in [0.2, 0.25) is 0 Å². The molecule has 6 nitrogen and oxygen atoms in total. The van der Waals surface area contributed by atoms with Gasteiger partial charge >= 0.3 is 6.16 Å². The Labute approximate surface area is 136 Å². The van der Waals surface area contributed by atoms with Gasteiger partial charge in [-0.05, 0) is 19.1 Å². The van der Waals surface area contributed by atoms with Crippen LogP contribution in [0.4, 0.5) is 10.5 Å². The van der Waals surface area contributed by atoms with Crippen LogP contribution >= 0.6 is 0 Å². The van der Waals surface area contributed by atoms with Crippen LogP contribution < -0.4 is 4.90 Å². The van der Waals surface area contributed by atoms with Gasteiger partial charge in [-0.25, -0.2) is 4.79 Å². The molecule has 1 aliphatic heterocycles. The molecular formula is C17H23NO5. The Hall–Kier alpha value is -2.21. The molecule has 1 aromatic carbocycles. The van der Waals surface area contributed by atoms with E-state index in [1.165, 1.54) is 11.8 Å². The van der Waals surface area contributed by atoms with Gasteiger partial charge in [0.25, 0.3) is 0 Å². The van der Waals surface area contributed by atoms with E-state index in [4.69, 9.17) is 18.9 Å². The maximum atomic E-state index is 11.1. The average molecular weight is 321 g/mol. The van der Waals surface area contributed by atoms with Gasteiger partial charge in [0.05, 0.1) is 26.0 Å². The van der Waals surface area contributed by atoms with Crippen LogP contribution in [0.1, 0.15) is 5.56 Å². The smallest absolute Gasteiger partial charge is 0.494 e. The van der Waals surface area contributed by atoms with E-state index < -0.39 is 6.16 Å². The lowest BCUT2D eigenvalue weighted by Gasteiger charge is -2.30. The number of carbonyl (C=O) groups is 1. The van der Waals surface area contributed by atoms with Gasteiger partial charge in [0.15, 0.2) is 6.10 Å². The van der Waals surface area contributed by atoms with Crippen molar-refractivity contribution in [2.24, 2.45) is 0 Å². The fourth-order valence-corrected chi connectivity index (χ4v) is 2.44. The van der Waals surface area contributed by atoms with Gasteiger partial charge in [-0.15, -0.1) is 0 Å². The predicted molar refractivity (Wildman–Crippen MR) is 86.6 cm³/mol. The number of anilines is 1. The number of ether oxygens (including phenoxy) is 4. The van der Waals surface area contributed by atoms with Crippen molar-refractivity contribution < 1.29 is 23.7 Å². The second-order valence-electron chi connectivity index (χ2n) is 5.42. The third-order valence-corrected chi connectivity index (χ3v) is 3.54. The number of benzene rings is 1. The highest BCUT2D eigenvalue weighted by atomic mass is 16.8. The van der Waals surface area contributed by atoms with E-state index in [9.17, 15) is 4.79 Å². The number of nitrogens with zero attached hydrogens (tertiary/aromatic N) is 1. The molecule has 1 aliphatic rings. The molecule has 0 saturated carbocycles. The van der Waals surface area contributed by atoms with Gasteiger partial charge in [0, 0.05) is 12.8 Å². The molecule has 6 heteroatoms. The molecule has 0 spiro atoms. The summed E-state index contributed by atoms with van der Waals surface area (Å²) in [5, 5.41) is 0. The predicted octanol–water partition coefficient (Wildman–Crippen LogP) is 2.51. The lowest BCUT2D eigenvalue weighted by atomic mass is 10.2. The number of hydrogen-bond acceptors (Lipinski definition) is 6. The van der Waals surface area contributed by atoms with E-state index in [2.05, 4.69) is 11.5 Å². The first-order chi connectivity index (χ1) is 11.1. The monoisotopic (exact) mass is 321 g/mol. The topological polar surface area (TPSA) is 57.2 Å². The first-order valence-corrected chi connectivity index (χ1v) is 7.52. The standard InChI is InChI=1S/C17H23NO5/c1-4-21-15(11-20-3)9-18(10-16-12-22-17(19)23-16)14-7-5-13(2)6-8-14/h4-8,15-16H,1,9-12H2,2-3H3. The molecule has 0 aliphatic carbocycles. The summed E-state index contributed by atoms with van der Waals surface area (Å²) < 4.78 is 20.7. The molecule has 0 aromatic heterocycles. The van der Waals surface area contributed by atoms with Crippen LogP contribution in [0.15, 0.2) is 37.1 Å². The Balaban J connectivity index is 2.10. The van der Waals surface area contributed by atoms with Crippen molar-refractivity contribution in [2.45, 2.75) is 19.1 Å². The molecular weight excluding hydrogens is 298 g/mol. The minimum absolute atomic E-state index is 0.170. The highest BCUT2D eigenvalue weighted by Crippen LogP contribution is 2.19. The molecule has 126 valence electrons. The van der Waals surface area contributed by atoms with Crippen molar-refractivity contribution >= 4 is 11.8 Å². The highest BCUT2D eigenvalue weighted by molar-refractivity contribution is 5.62. The number of methoxy groups -OCH3 is 1. The maximum Gasteiger partial charge on any atom is 0.508 e. The van der Waals surface area contributed by atoms with E-state index in [0.717, 1.165) is 5.69 Å². The second-order valence-corrected chi connectivity index (χ2v) is 5.42. The van der Waals surface area contributed by atoms with Gasteiger partial charge in [-0.2, -0.15) is 0 Å². The number of hydrogen-bond donors (Lipinski definition) is 0. The van der Waals surface area contributed by atoms with E-state index in [-0.39, 0.29) is 18.8 Å². The Morgan fingerprint density at radius 1 is 1.43 bits per heavy atom. The van der Waals surface area contributed by atoms with E-state index in [1.54, 1.807) is 7.11 Å². The largest absolute Gasteiger partial charge is 0.508 e. The summed E-state index contributed by atoms with van der Waals surface area (Å²) in [5.74, 6) is 0. The molecule has 1 saturated heterocycles. The van der Waals surface area contributed by atoms with Crippen LogP contribution in [0, 0.1) is 6.92 Å². The quantitative estimate of drug-likeness (QED) is 0.514. The number of rotatable bonds is 9. The van der Waals surface area contributed by atoms with Gasteiger partial charge in [0.1, 0.15) is 12.7 Å². The molecule has 23 heavy (non-hydrogen) atoms. The molecule has 0 N–H and O–H groups in total.